The molecule has 1 amide bonds. The largest absolute Gasteiger partial charge is 0.463 e. The number of amides is 1. The van der Waals surface area contributed by atoms with E-state index in [4.69, 9.17) is 4.74 Å². The smallest absolute Gasteiger partial charge is 0.407 e. The maximum Gasteiger partial charge on any atom is 0.407 e. The lowest BCUT2D eigenvalue weighted by atomic mass is 10.1. The van der Waals surface area contributed by atoms with Crippen molar-refractivity contribution >= 4 is 45.2 Å². The van der Waals surface area contributed by atoms with Gasteiger partial charge in [0.1, 0.15) is 5.82 Å². The van der Waals surface area contributed by atoms with Crippen molar-refractivity contribution in [3.63, 3.8) is 0 Å². The molecule has 1 fully saturated rings. The number of aromatic nitrogens is 1. The predicted octanol–water partition coefficient (Wildman–Crippen LogP) is 3.74. The average molecular weight is 525 g/mol. The zero-order valence-electron chi connectivity index (χ0n) is 17.5. The van der Waals surface area contributed by atoms with Crippen molar-refractivity contribution < 1.29 is 23.5 Å². The fraction of sp³-hybridized carbons (Fsp3) is 0.333. The van der Waals surface area contributed by atoms with Crippen LogP contribution in [0.5, 0.6) is 0 Å². The number of alkyl carbamates (subject to hydrolysis) is 1. The molecule has 0 aliphatic carbocycles. The van der Waals surface area contributed by atoms with Crippen LogP contribution in [0.25, 0.3) is 0 Å². The number of thiazole rings is 1. The minimum atomic E-state index is -0.495. The Labute approximate surface area is 197 Å². The van der Waals surface area contributed by atoms with E-state index in [1.807, 2.05) is 10.3 Å². The number of nitrogens with one attached hydrogen (secondary N) is 1. The standard InChI is InChI=1S/C15H18N4O4S.C6H4BrF/c1-3-23-14(20)10-7-17-12(13-16-4-5-24-13)19-8-9(6-11(10)19)18-15(21)22-2;7-5-2-1-3-6(8)4-5/h4-5,9H,3,6-8H2,1-2H3,(H,18,21);1-4H. The van der Waals surface area contributed by atoms with Gasteiger partial charge < -0.3 is 19.7 Å². The Hall–Kier alpha value is -2.79. The molecule has 1 unspecified atom stereocenters. The van der Waals surface area contributed by atoms with E-state index in [0.29, 0.717) is 25.1 Å². The first kappa shape index (κ1) is 23.9. The van der Waals surface area contributed by atoms with E-state index in [2.05, 4.69) is 36.0 Å². The fourth-order valence-electron chi connectivity index (χ4n) is 3.27. The summed E-state index contributed by atoms with van der Waals surface area (Å²) in [6.45, 7) is 2.84. The number of rotatable bonds is 4. The maximum atomic E-state index is 12.2. The van der Waals surface area contributed by atoms with Crippen LogP contribution in [0.4, 0.5) is 9.18 Å². The van der Waals surface area contributed by atoms with Crippen LogP contribution in [0.2, 0.25) is 0 Å². The third-order valence-corrected chi connectivity index (χ3v) is 5.86. The normalized spacial score (nSPS) is 17.1. The van der Waals surface area contributed by atoms with Crippen molar-refractivity contribution in [1.82, 2.24) is 15.2 Å². The summed E-state index contributed by atoms with van der Waals surface area (Å²) in [6.07, 6.45) is 1.74. The van der Waals surface area contributed by atoms with E-state index < -0.39 is 6.09 Å². The predicted molar refractivity (Wildman–Crippen MR) is 122 cm³/mol. The van der Waals surface area contributed by atoms with Gasteiger partial charge in [-0.25, -0.2) is 19.0 Å². The van der Waals surface area contributed by atoms with Gasteiger partial charge in [-0.05, 0) is 25.1 Å². The van der Waals surface area contributed by atoms with E-state index in [1.165, 1.54) is 30.6 Å². The molecule has 0 radical (unpaired) electrons. The Morgan fingerprint density at radius 2 is 2.22 bits per heavy atom. The first-order chi connectivity index (χ1) is 15.4. The van der Waals surface area contributed by atoms with Crippen molar-refractivity contribution in [3.8, 4) is 0 Å². The molecule has 0 saturated carbocycles. The molecule has 2 aliphatic rings. The molecule has 1 aromatic carbocycles. The van der Waals surface area contributed by atoms with Crippen LogP contribution in [0.1, 0.15) is 18.4 Å². The van der Waals surface area contributed by atoms with Gasteiger partial charge in [-0.3, -0.25) is 4.99 Å². The number of halogens is 2. The third-order valence-electron chi connectivity index (χ3n) is 4.60. The van der Waals surface area contributed by atoms with Crippen molar-refractivity contribution in [2.24, 2.45) is 4.99 Å². The summed E-state index contributed by atoms with van der Waals surface area (Å²) < 4.78 is 22.7. The first-order valence-electron chi connectivity index (χ1n) is 9.79. The van der Waals surface area contributed by atoms with Gasteiger partial charge in [0.05, 0.1) is 31.9 Å². The summed E-state index contributed by atoms with van der Waals surface area (Å²) in [5.74, 6) is 0.153. The van der Waals surface area contributed by atoms with Crippen LogP contribution < -0.4 is 5.32 Å². The quantitative estimate of drug-likeness (QED) is 0.612. The summed E-state index contributed by atoms with van der Waals surface area (Å²) in [4.78, 5) is 34.5. The number of esters is 1. The molecule has 2 aromatic rings. The molecule has 1 aromatic heterocycles. The van der Waals surface area contributed by atoms with E-state index in [-0.39, 0.29) is 24.4 Å². The number of methoxy groups -OCH3 is 1. The number of carbonyl (C=O) groups is 2. The van der Waals surface area contributed by atoms with Gasteiger partial charge in [0, 0.05) is 34.7 Å². The number of carbonyl (C=O) groups excluding carboxylic acids is 2. The van der Waals surface area contributed by atoms with Crippen molar-refractivity contribution in [2.75, 3.05) is 26.8 Å². The van der Waals surface area contributed by atoms with Crippen LogP contribution >= 0.6 is 27.3 Å². The molecular formula is C21H22BrFN4O4S. The number of aliphatic imine (C=N–C) groups is 1. The summed E-state index contributed by atoms with van der Waals surface area (Å²) in [7, 11) is 1.32. The zero-order chi connectivity index (χ0) is 23.1. The highest BCUT2D eigenvalue weighted by Crippen LogP contribution is 2.31. The van der Waals surface area contributed by atoms with Crippen LogP contribution in [0, 0.1) is 5.82 Å². The number of hydrogen-bond acceptors (Lipinski definition) is 8. The Morgan fingerprint density at radius 1 is 1.41 bits per heavy atom. The van der Waals surface area contributed by atoms with Gasteiger partial charge in [0.2, 0.25) is 0 Å². The molecular weight excluding hydrogens is 503 g/mol. The number of nitrogens with zero attached hydrogens (tertiary/aromatic N) is 3. The highest BCUT2D eigenvalue weighted by Gasteiger charge is 2.38. The Morgan fingerprint density at radius 3 is 2.81 bits per heavy atom. The average Bonchev–Trinajstić information content (AvgIpc) is 3.43. The van der Waals surface area contributed by atoms with Gasteiger partial charge in [-0.2, -0.15) is 0 Å². The fourth-order valence-corrected chi connectivity index (χ4v) is 4.29. The molecule has 0 bridgehead atoms. The molecule has 4 rings (SSSR count). The molecule has 1 saturated heterocycles. The summed E-state index contributed by atoms with van der Waals surface area (Å²) >= 11 is 4.61. The van der Waals surface area contributed by atoms with E-state index in [1.54, 1.807) is 25.3 Å². The Kier molecular flexibility index (Phi) is 8.34. The number of benzene rings is 1. The maximum absolute atomic E-state index is 12.2. The van der Waals surface area contributed by atoms with Gasteiger partial charge >= 0.3 is 12.1 Å². The van der Waals surface area contributed by atoms with Gasteiger partial charge in [0.15, 0.2) is 10.8 Å². The molecule has 1 atom stereocenters. The molecule has 8 nitrogen and oxygen atoms in total. The minimum Gasteiger partial charge on any atom is -0.463 e. The highest BCUT2D eigenvalue weighted by atomic mass is 79.9. The summed E-state index contributed by atoms with van der Waals surface area (Å²) in [5, 5.41) is 5.44. The second-order valence-electron chi connectivity index (χ2n) is 6.71. The number of fused-ring (bicyclic) bond motifs is 1. The molecule has 11 heteroatoms. The second-order valence-corrected chi connectivity index (χ2v) is 8.52. The van der Waals surface area contributed by atoms with Crippen LogP contribution in [-0.4, -0.2) is 60.6 Å². The molecule has 3 heterocycles. The van der Waals surface area contributed by atoms with Crippen LogP contribution in [0.3, 0.4) is 0 Å². The Bertz CT molecular complexity index is 1010. The zero-order valence-corrected chi connectivity index (χ0v) is 19.9. The Balaban J connectivity index is 0.000000305. The number of amidine groups is 1. The molecule has 170 valence electrons. The highest BCUT2D eigenvalue weighted by molar-refractivity contribution is 9.10. The minimum absolute atomic E-state index is 0.167. The molecule has 32 heavy (non-hydrogen) atoms. The van der Waals surface area contributed by atoms with Gasteiger partial charge in [-0.1, -0.05) is 22.0 Å². The van der Waals surface area contributed by atoms with E-state index >= 15 is 0 Å². The topological polar surface area (TPSA) is 93.1 Å². The lowest BCUT2D eigenvalue weighted by Crippen LogP contribution is -2.39. The van der Waals surface area contributed by atoms with E-state index in [0.717, 1.165) is 21.0 Å². The summed E-state index contributed by atoms with van der Waals surface area (Å²) in [5.41, 5.74) is 1.36. The van der Waals surface area contributed by atoms with Crippen molar-refractivity contribution in [1.29, 1.82) is 0 Å². The van der Waals surface area contributed by atoms with Crippen LogP contribution in [-0.2, 0) is 14.3 Å². The molecule has 2 aliphatic heterocycles. The monoisotopic (exact) mass is 524 g/mol. The first-order valence-corrected chi connectivity index (χ1v) is 11.5. The molecule has 1 N–H and O–H groups in total. The third kappa shape index (κ3) is 5.92. The van der Waals surface area contributed by atoms with E-state index in [9.17, 15) is 14.0 Å². The van der Waals surface area contributed by atoms with Crippen molar-refractivity contribution in [3.05, 3.63) is 62.4 Å². The van der Waals surface area contributed by atoms with Gasteiger partial charge in [-0.15, -0.1) is 11.3 Å². The van der Waals surface area contributed by atoms with Crippen LogP contribution in [0.15, 0.2) is 56.6 Å². The number of ether oxygens (including phenoxy) is 2. The lowest BCUT2D eigenvalue weighted by molar-refractivity contribution is -0.138. The second kappa shape index (κ2) is 11.2. The number of hydrogen-bond donors (Lipinski definition) is 1. The lowest BCUT2D eigenvalue weighted by Gasteiger charge is -2.26. The molecule has 0 spiro atoms. The summed E-state index contributed by atoms with van der Waals surface area (Å²) in [6, 6.07) is 6.09. The van der Waals surface area contributed by atoms with Crippen molar-refractivity contribution in [2.45, 2.75) is 19.4 Å². The SMILES string of the molecule is CCOC(=O)C1=C2CC(NC(=O)OC)CN2C(c2nccs2)=NC1.Fc1cccc(Br)c1. The van der Waals surface area contributed by atoms with Gasteiger partial charge in [0.25, 0.3) is 0 Å².